The first-order chi connectivity index (χ1) is 17.0. The molecular formula is C26H21Cl2N3O4S. The molecule has 0 bridgehead atoms. The van der Waals surface area contributed by atoms with Gasteiger partial charge in [0.15, 0.2) is 5.11 Å². The molecule has 2 heterocycles. The van der Waals surface area contributed by atoms with Gasteiger partial charge in [0.1, 0.15) is 5.57 Å². The van der Waals surface area contributed by atoms with Gasteiger partial charge in [0.2, 0.25) is 0 Å². The molecule has 36 heavy (non-hydrogen) atoms. The van der Waals surface area contributed by atoms with Crippen LogP contribution in [0.2, 0.25) is 10.0 Å². The third kappa shape index (κ3) is 4.43. The van der Waals surface area contributed by atoms with Crippen LogP contribution in [0.3, 0.4) is 0 Å². The zero-order valence-corrected chi connectivity index (χ0v) is 21.9. The van der Waals surface area contributed by atoms with E-state index in [1.165, 1.54) is 21.9 Å². The van der Waals surface area contributed by atoms with Gasteiger partial charge in [0.25, 0.3) is 11.8 Å². The minimum atomic E-state index is -1.14. The summed E-state index contributed by atoms with van der Waals surface area (Å²) in [5, 5.41) is 10.2. The van der Waals surface area contributed by atoms with E-state index in [1.807, 2.05) is 24.5 Å². The number of amides is 2. The van der Waals surface area contributed by atoms with Gasteiger partial charge in [-0.2, -0.15) is 0 Å². The van der Waals surface area contributed by atoms with E-state index in [9.17, 15) is 19.5 Å². The number of carboxylic acids is 1. The van der Waals surface area contributed by atoms with Crippen LogP contribution < -0.4 is 4.90 Å². The van der Waals surface area contributed by atoms with Gasteiger partial charge >= 0.3 is 5.97 Å². The summed E-state index contributed by atoms with van der Waals surface area (Å²) < 4.78 is 1.84. The number of hydrogen-bond donors (Lipinski definition) is 1. The predicted molar refractivity (Wildman–Crippen MR) is 144 cm³/mol. The van der Waals surface area contributed by atoms with Crippen molar-refractivity contribution in [1.82, 2.24) is 9.47 Å². The summed E-state index contributed by atoms with van der Waals surface area (Å²) in [5.74, 6) is -2.16. The third-order valence-corrected chi connectivity index (χ3v) is 6.93. The summed E-state index contributed by atoms with van der Waals surface area (Å²) >= 11 is 17.5. The minimum absolute atomic E-state index is 0.0232. The average Bonchev–Trinajstić information content (AvgIpc) is 3.11. The van der Waals surface area contributed by atoms with Crippen molar-refractivity contribution in [2.45, 2.75) is 20.8 Å². The van der Waals surface area contributed by atoms with Crippen LogP contribution in [-0.2, 0) is 9.59 Å². The molecule has 0 saturated carbocycles. The number of halogens is 2. The molecule has 1 aliphatic heterocycles. The Morgan fingerprint density at radius 3 is 2.25 bits per heavy atom. The number of carboxylic acid groups (broad SMARTS) is 1. The summed E-state index contributed by atoms with van der Waals surface area (Å²) in [6.07, 6.45) is 1.55. The molecular weight excluding hydrogens is 521 g/mol. The fraction of sp³-hybridized carbons (Fsp3) is 0.154. The fourth-order valence-electron chi connectivity index (χ4n) is 4.17. The van der Waals surface area contributed by atoms with Crippen LogP contribution in [0.5, 0.6) is 0 Å². The lowest BCUT2D eigenvalue weighted by molar-refractivity contribution is -0.127. The summed E-state index contributed by atoms with van der Waals surface area (Å²) in [4.78, 5) is 41.0. The van der Waals surface area contributed by atoms with Crippen molar-refractivity contribution in [1.29, 1.82) is 0 Å². The molecule has 1 fully saturated rings. The molecule has 0 atom stereocenters. The standard InChI is InChI=1S/C26H21Cl2N3O4S/c1-4-29-23(32)21(24(33)31(26(29)36)18-7-5-17(27)6-8-18)12-16-11-14(2)30(15(16)3)19-9-10-22(28)20(13-19)25(34)35/h5-13H,4H2,1-3H3,(H,34,35)/b21-12+. The quantitative estimate of drug-likeness (QED) is 0.256. The van der Waals surface area contributed by atoms with Crippen molar-refractivity contribution < 1.29 is 19.5 Å². The number of aryl methyl sites for hydroxylation is 1. The Hall–Kier alpha value is -3.46. The Labute approximate surface area is 223 Å². The van der Waals surface area contributed by atoms with Crippen molar-refractivity contribution in [2.75, 3.05) is 11.4 Å². The molecule has 0 unspecified atom stereocenters. The lowest BCUT2D eigenvalue weighted by atomic mass is 10.1. The van der Waals surface area contributed by atoms with Crippen LogP contribution in [0.15, 0.2) is 54.1 Å². The van der Waals surface area contributed by atoms with E-state index >= 15 is 0 Å². The van der Waals surface area contributed by atoms with Gasteiger partial charge < -0.3 is 9.67 Å². The molecule has 2 amide bonds. The van der Waals surface area contributed by atoms with Crippen molar-refractivity contribution in [3.8, 4) is 5.69 Å². The molecule has 7 nitrogen and oxygen atoms in total. The Morgan fingerprint density at radius 2 is 1.64 bits per heavy atom. The van der Waals surface area contributed by atoms with Crippen LogP contribution in [0.1, 0.15) is 34.2 Å². The maximum Gasteiger partial charge on any atom is 0.337 e. The second-order valence-electron chi connectivity index (χ2n) is 8.14. The van der Waals surface area contributed by atoms with E-state index in [2.05, 4.69) is 0 Å². The number of anilines is 1. The molecule has 1 N–H and O–H groups in total. The fourth-order valence-corrected chi connectivity index (χ4v) is 4.90. The molecule has 3 aromatic rings. The Morgan fingerprint density at radius 1 is 1.00 bits per heavy atom. The average molecular weight is 542 g/mol. The van der Waals surface area contributed by atoms with E-state index in [0.29, 0.717) is 27.7 Å². The first-order valence-corrected chi connectivity index (χ1v) is 12.1. The van der Waals surface area contributed by atoms with Crippen LogP contribution in [0, 0.1) is 13.8 Å². The molecule has 184 valence electrons. The van der Waals surface area contributed by atoms with Gasteiger partial charge in [0.05, 0.1) is 16.3 Å². The first-order valence-electron chi connectivity index (χ1n) is 10.9. The number of rotatable bonds is 5. The molecule has 0 spiro atoms. The van der Waals surface area contributed by atoms with E-state index in [0.717, 1.165) is 5.69 Å². The second-order valence-corrected chi connectivity index (χ2v) is 9.35. The topological polar surface area (TPSA) is 82.9 Å². The molecule has 2 aromatic carbocycles. The highest BCUT2D eigenvalue weighted by Crippen LogP contribution is 2.30. The Bertz CT molecular complexity index is 1460. The van der Waals surface area contributed by atoms with Crippen molar-refractivity contribution in [3.63, 3.8) is 0 Å². The van der Waals surface area contributed by atoms with Crippen LogP contribution >= 0.6 is 35.4 Å². The summed E-state index contributed by atoms with van der Waals surface area (Å²) in [7, 11) is 0. The van der Waals surface area contributed by atoms with E-state index in [4.69, 9.17) is 35.4 Å². The van der Waals surface area contributed by atoms with Gasteiger partial charge in [-0.1, -0.05) is 23.2 Å². The van der Waals surface area contributed by atoms with Crippen molar-refractivity contribution in [2.24, 2.45) is 0 Å². The number of hydrogen-bond acceptors (Lipinski definition) is 4. The number of carbonyl (C=O) groups is 3. The zero-order valence-electron chi connectivity index (χ0n) is 19.6. The molecule has 4 rings (SSSR count). The lowest BCUT2D eigenvalue weighted by Crippen LogP contribution is -2.56. The third-order valence-electron chi connectivity index (χ3n) is 5.94. The van der Waals surface area contributed by atoms with Crippen LogP contribution in [0.25, 0.3) is 11.8 Å². The highest BCUT2D eigenvalue weighted by Gasteiger charge is 2.39. The van der Waals surface area contributed by atoms with Crippen LogP contribution in [-0.4, -0.2) is 44.0 Å². The minimum Gasteiger partial charge on any atom is -0.478 e. The maximum atomic E-state index is 13.5. The smallest absolute Gasteiger partial charge is 0.337 e. The lowest BCUT2D eigenvalue weighted by Gasteiger charge is -2.36. The predicted octanol–water partition coefficient (Wildman–Crippen LogP) is 5.66. The van der Waals surface area contributed by atoms with E-state index < -0.39 is 17.8 Å². The number of aromatic carboxylic acids is 1. The van der Waals surface area contributed by atoms with E-state index in [-0.39, 0.29) is 27.8 Å². The number of nitrogens with zero attached hydrogens (tertiary/aromatic N) is 3. The van der Waals surface area contributed by atoms with Crippen LogP contribution in [0.4, 0.5) is 5.69 Å². The van der Waals surface area contributed by atoms with Gasteiger partial charge in [-0.15, -0.1) is 0 Å². The number of thiocarbonyl (C=S) groups is 1. The van der Waals surface area contributed by atoms with Gasteiger partial charge in [0, 0.05) is 28.6 Å². The number of likely N-dealkylation sites (N-methyl/N-ethyl adjacent to an activating group) is 1. The number of benzene rings is 2. The second kappa shape index (κ2) is 9.89. The molecule has 10 heteroatoms. The summed E-state index contributed by atoms with van der Waals surface area (Å²) in [5.41, 5.74) is 3.17. The monoisotopic (exact) mass is 541 g/mol. The van der Waals surface area contributed by atoms with Gasteiger partial charge in [-0.25, -0.2) is 4.79 Å². The summed E-state index contributed by atoms with van der Waals surface area (Å²) in [6.45, 7) is 5.74. The number of carbonyl (C=O) groups excluding carboxylic acids is 2. The maximum absolute atomic E-state index is 13.5. The first kappa shape index (κ1) is 25.6. The zero-order chi connectivity index (χ0) is 26.3. The van der Waals surface area contributed by atoms with Gasteiger partial charge in [-0.05, 0) is 93.2 Å². The summed E-state index contributed by atoms with van der Waals surface area (Å²) in [6, 6.07) is 13.2. The van der Waals surface area contributed by atoms with Crippen molar-refractivity contribution >= 4 is 70.1 Å². The Kier molecular flexibility index (Phi) is 7.04. The highest BCUT2D eigenvalue weighted by molar-refractivity contribution is 7.80. The highest BCUT2D eigenvalue weighted by atomic mass is 35.5. The largest absolute Gasteiger partial charge is 0.478 e. The SMILES string of the molecule is CCN1C(=O)/C(=C\c2cc(C)n(-c3ccc(Cl)c(C(=O)O)c3)c2C)C(=O)N(c2ccc(Cl)cc2)C1=S. The van der Waals surface area contributed by atoms with Gasteiger partial charge in [-0.3, -0.25) is 19.4 Å². The van der Waals surface area contributed by atoms with Crippen molar-refractivity contribution in [3.05, 3.63) is 86.7 Å². The molecule has 1 aromatic heterocycles. The molecule has 1 saturated heterocycles. The Balaban J connectivity index is 1.82. The van der Waals surface area contributed by atoms with E-state index in [1.54, 1.807) is 43.3 Å². The number of aromatic nitrogens is 1. The molecule has 0 aliphatic carbocycles. The molecule has 1 aliphatic rings. The normalized spacial score (nSPS) is 15.2. The molecule has 0 radical (unpaired) electrons.